The minimum atomic E-state index is -0.692. The second-order valence-electron chi connectivity index (χ2n) is 5.42. The lowest BCUT2D eigenvalue weighted by molar-refractivity contribution is -0.178. The van der Waals surface area contributed by atoms with E-state index in [4.69, 9.17) is 4.89 Å². The van der Waals surface area contributed by atoms with Crippen LogP contribution in [0, 0.1) is 5.92 Å². The molecule has 0 radical (unpaired) electrons. The van der Waals surface area contributed by atoms with E-state index in [0.717, 1.165) is 5.56 Å². The standard InChI is InChI=1S/C19H21NO4/c1-14(18(21)13-20-12-15-6-4-3-5-7-15)19(22)16-8-10-17(11-9-16)24-23-2/h3-11,14,20H,12-13H2,1-2H3. The molecule has 5 heteroatoms. The van der Waals surface area contributed by atoms with E-state index in [1.54, 1.807) is 31.2 Å². The third-order valence-corrected chi connectivity index (χ3v) is 3.67. The number of hydrogen-bond donors (Lipinski definition) is 1. The molecule has 2 aromatic rings. The number of rotatable bonds is 9. The molecule has 0 fully saturated rings. The smallest absolute Gasteiger partial charge is 0.173 e. The highest BCUT2D eigenvalue weighted by Gasteiger charge is 2.22. The molecule has 0 aliphatic carbocycles. The highest BCUT2D eigenvalue weighted by Crippen LogP contribution is 2.15. The van der Waals surface area contributed by atoms with Crippen LogP contribution in [0.4, 0.5) is 0 Å². The van der Waals surface area contributed by atoms with E-state index >= 15 is 0 Å². The van der Waals surface area contributed by atoms with Crippen LogP contribution in [0.15, 0.2) is 54.6 Å². The van der Waals surface area contributed by atoms with Crippen LogP contribution in [-0.4, -0.2) is 25.2 Å². The van der Waals surface area contributed by atoms with Crippen molar-refractivity contribution < 1.29 is 19.4 Å². The van der Waals surface area contributed by atoms with Gasteiger partial charge >= 0.3 is 0 Å². The second-order valence-corrected chi connectivity index (χ2v) is 5.42. The van der Waals surface area contributed by atoms with Crippen LogP contribution in [0.25, 0.3) is 0 Å². The van der Waals surface area contributed by atoms with Crippen molar-refractivity contribution in [3.8, 4) is 5.75 Å². The van der Waals surface area contributed by atoms with Crippen LogP contribution in [-0.2, 0) is 16.2 Å². The number of carbonyl (C=O) groups excluding carboxylic acids is 2. The SMILES string of the molecule is COOc1ccc(C(=O)C(C)C(=O)CNCc2ccccc2)cc1. The summed E-state index contributed by atoms with van der Waals surface area (Å²) in [5.41, 5.74) is 1.57. The van der Waals surface area contributed by atoms with E-state index in [1.807, 2.05) is 30.3 Å². The molecule has 1 atom stereocenters. The van der Waals surface area contributed by atoms with Gasteiger partial charge in [0.2, 0.25) is 0 Å². The van der Waals surface area contributed by atoms with Crippen LogP contribution in [0.5, 0.6) is 5.75 Å². The van der Waals surface area contributed by atoms with Crippen LogP contribution in [0.2, 0.25) is 0 Å². The topological polar surface area (TPSA) is 64.6 Å². The van der Waals surface area contributed by atoms with Crippen LogP contribution < -0.4 is 10.2 Å². The first-order chi connectivity index (χ1) is 11.6. The molecule has 0 aromatic heterocycles. The average molecular weight is 327 g/mol. The van der Waals surface area contributed by atoms with Crippen molar-refractivity contribution in [3.05, 3.63) is 65.7 Å². The Labute approximate surface area is 141 Å². The fourth-order valence-corrected chi connectivity index (χ4v) is 2.25. The molecule has 0 saturated heterocycles. The Morgan fingerprint density at radius 1 is 1.04 bits per heavy atom. The first-order valence-corrected chi connectivity index (χ1v) is 7.74. The monoisotopic (exact) mass is 327 g/mol. The molecule has 0 bridgehead atoms. The molecule has 0 amide bonds. The van der Waals surface area contributed by atoms with Gasteiger partial charge in [0.1, 0.15) is 0 Å². The predicted octanol–water partition coefficient (Wildman–Crippen LogP) is 2.80. The van der Waals surface area contributed by atoms with Gasteiger partial charge in [-0.05, 0) is 36.8 Å². The van der Waals surface area contributed by atoms with Crippen molar-refractivity contribution >= 4 is 11.6 Å². The fourth-order valence-electron chi connectivity index (χ4n) is 2.25. The van der Waals surface area contributed by atoms with Gasteiger partial charge in [0.05, 0.1) is 19.6 Å². The largest absolute Gasteiger partial charge is 0.338 e. The maximum absolute atomic E-state index is 12.4. The minimum absolute atomic E-state index is 0.131. The molecule has 2 rings (SSSR count). The molecule has 1 N–H and O–H groups in total. The quantitative estimate of drug-likeness (QED) is 0.332. The Kier molecular flexibility index (Phi) is 6.66. The Morgan fingerprint density at radius 2 is 1.71 bits per heavy atom. The summed E-state index contributed by atoms with van der Waals surface area (Å²) in [6, 6.07) is 16.3. The van der Waals surface area contributed by atoms with E-state index in [1.165, 1.54) is 7.11 Å². The lowest BCUT2D eigenvalue weighted by Crippen LogP contribution is -2.31. The predicted molar refractivity (Wildman–Crippen MR) is 90.7 cm³/mol. The summed E-state index contributed by atoms with van der Waals surface area (Å²) in [5.74, 6) is -0.529. The van der Waals surface area contributed by atoms with E-state index in [2.05, 4.69) is 10.2 Å². The van der Waals surface area contributed by atoms with Gasteiger partial charge in [-0.1, -0.05) is 30.3 Å². The highest BCUT2D eigenvalue weighted by molar-refractivity contribution is 6.10. The molecule has 0 aliphatic rings. The van der Waals surface area contributed by atoms with Crippen molar-refractivity contribution in [2.75, 3.05) is 13.7 Å². The second kappa shape index (κ2) is 8.96. The molecular formula is C19H21NO4. The lowest BCUT2D eigenvalue weighted by Gasteiger charge is -2.11. The minimum Gasteiger partial charge on any atom is -0.338 e. The average Bonchev–Trinajstić information content (AvgIpc) is 2.62. The number of ketones is 2. The zero-order valence-corrected chi connectivity index (χ0v) is 13.8. The summed E-state index contributed by atoms with van der Waals surface area (Å²) >= 11 is 0. The van der Waals surface area contributed by atoms with Gasteiger partial charge in [-0.25, -0.2) is 0 Å². The van der Waals surface area contributed by atoms with Crippen molar-refractivity contribution in [1.29, 1.82) is 0 Å². The summed E-state index contributed by atoms with van der Waals surface area (Å²) < 4.78 is 0. The normalized spacial score (nSPS) is 11.8. The molecule has 2 aromatic carbocycles. The van der Waals surface area contributed by atoms with Crippen LogP contribution >= 0.6 is 0 Å². The summed E-state index contributed by atoms with van der Waals surface area (Å²) in [6.07, 6.45) is 0. The Morgan fingerprint density at radius 3 is 2.33 bits per heavy atom. The van der Waals surface area contributed by atoms with Crippen LogP contribution in [0.1, 0.15) is 22.8 Å². The zero-order chi connectivity index (χ0) is 17.4. The van der Waals surface area contributed by atoms with Crippen LogP contribution in [0.3, 0.4) is 0 Å². The molecule has 1 unspecified atom stereocenters. The van der Waals surface area contributed by atoms with E-state index < -0.39 is 5.92 Å². The van der Waals surface area contributed by atoms with Gasteiger partial charge < -0.3 is 10.2 Å². The first kappa shape index (κ1) is 17.8. The summed E-state index contributed by atoms with van der Waals surface area (Å²) in [4.78, 5) is 34.0. The maximum Gasteiger partial charge on any atom is 0.173 e. The molecule has 0 saturated carbocycles. The molecule has 5 nitrogen and oxygen atoms in total. The van der Waals surface area contributed by atoms with Crippen molar-refractivity contribution in [2.45, 2.75) is 13.5 Å². The Bertz CT molecular complexity index is 668. The Balaban J connectivity index is 1.86. The third-order valence-electron chi connectivity index (χ3n) is 3.67. The van der Waals surface area contributed by atoms with Gasteiger partial charge in [-0.3, -0.25) is 9.59 Å². The molecule has 24 heavy (non-hydrogen) atoms. The van der Waals surface area contributed by atoms with E-state index in [-0.39, 0.29) is 18.1 Å². The molecule has 0 aliphatic heterocycles. The van der Waals surface area contributed by atoms with E-state index in [0.29, 0.717) is 17.9 Å². The van der Waals surface area contributed by atoms with Crippen molar-refractivity contribution in [1.82, 2.24) is 5.32 Å². The van der Waals surface area contributed by atoms with E-state index in [9.17, 15) is 9.59 Å². The maximum atomic E-state index is 12.4. The number of hydrogen-bond acceptors (Lipinski definition) is 5. The molecular weight excluding hydrogens is 306 g/mol. The molecule has 0 heterocycles. The Hall–Kier alpha value is -2.50. The highest BCUT2D eigenvalue weighted by atomic mass is 17.2. The summed E-state index contributed by atoms with van der Waals surface area (Å²) in [5, 5.41) is 3.08. The van der Waals surface area contributed by atoms with Crippen molar-refractivity contribution in [2.24, 2.45) is 5.92 Å². The van der Waals surface area contributed by atoms with Gasteiger partial charge in [0, 0.05) is 12.1 Å². The zero-order valence-electron chi connectivity index (χ0n) is 13.8. The summed E-state index contributed by atoms with van der Waals surface area (Å²) in [7, 11) is 1.41. The van der Waals surface area contributed by atoms with Gasteiger partial charge in [-0.15, -0.1) is 0 Å². The fraction of sp³-hybridized carbons (Fsp3) is 0.263. The number of carbonyl (C=O) groups is 2. The number of Topliss-reactive ketones (excluding diaryl/α,β-unsaturated/α-hetero) is 2. The molecule has 126 valence electrons. The van der Waals surface area contributed by atoms with Crippen molar-refractivity contribution in [3.63, 3.8) is 0 Å². The number of nitrogens with one attached hydrogen (secondary N) is 1. The molecule has 0 spiro atoms. The van der Waals surface area contributed by atoms with Gasteiger partial charge in [0.15, 0.2) is 17.3 Å². The third kappa shape index (κ3) is 5.01. The van der Waals surface area contributed by atoms with Gasteiger partial charge in [-0.2, -0.15) is 4.89 Å². The first-order valence-electron chi connectivity index (χ1n) is 7.74. The van der Waals surface area contributed by atoms with Gasteiger partial charge in [0.25, 0.3) is 0 Å². The lowest BCUT2D eigenvalue weighted by atomic mass is 9.95. The summed E-state index contributed by atoms with van der Waals surface area (Å²) in [6.45, 7) is 2.39. The number of benzene rings is 2.